The minimum Gasteiger partial charge on any atom is -0.173 e. The molecule has 0 fully saturated rings. The third kappa shape index (κ3) is 2.82. The average molecular weight is 236 g/mol. The maximum atomic E-state index is 12.0. The molecule has 2 nitrogen and oxygen atoms in total. The first-order chi connectivity index (χ1) is 6.20. The van der Waals surface area contributed by atoms with E-state index < -0.39 is 33.3 Å². The molecule has 1 aromatic heterocycles. The summed E-state index contributed by atoms with van der Waals surface area (Å²) in [4.78, 5) is 0. The average Bonchev–Trinajstić information content (AvgIpc) is 2.29. The van der Waals surface area contributed by atoms with Gasteiger partial charge in [0.2, 0.25) is 0 Å². The summed E-state index contributed by atoms with van der Waals surface area (Å²) in [6.07, 6.45) is -4.28. The lowest BCUT2D eigenvalue weighted by atomic mass is 10.7. The zero-order valence-electron chi connectivity index (χ0n) is 6.23. The Morgan fingerprint density at radius 2 is 1.71 bits per heavy atom. The van der Waals surface area contributed by atoms with Crippen LogP contribution in [0.2, 0.25) is 0 Å². The summed E-state index contributed by atoms with van der Waals surface area (Å²) >= 11 is -0.859. The molecule has 0 unspecified atom stereocenters. The molecule has 0 N–H and O–H groups in total. The highest BCUT2D eigenvalue weighted by Crippen LogP contribution is 2.39. The second-order valence-corrected chi connectivity index (χ2v) is 3.18. The van der Waals surface area contributed by atoms with Gasteiger partial charge in [0.15, 0.2) is 0 Å². The normalized spacial score (nSPS) is 13.3. The second kappa shape index (κ2) is 3.37. The standard InChI is InChI=1S/C5H2F6N2S/c6-4(7,8)13-3(1-2-12-13)14-5(9,10)11/h1-2H. The predicted octanol–water partition coefficient (Wildman–Crippen LogP) is 2.97. The van der Waals surface area contributed by atoms with Crippen LogP contribution in [0.15, 0.2) is 17.3 Å². The third-order valence-corrected chi connectivity index (χ3v) is 1.82. The first-order valence-corrected chi connectivity index (χ1v) is 3.89. The number of hydrogen-bond acceptors (Lipinski definition) is 2. The van der Waals surface area contributed by atoms with Gasteiger partial charge in [-0.1, -0.05) is 0 Å². The molecule has 0 radical (unpaired) electrons. The molecule has 0 saturated heterocycles. The number of halogens is 6. The molecule has 0 bridgehead atoms. The van der Waals surface area contributed by atoms with Gasteiger partial charge in [-0.05, 0) is 6.07 Å². The van der Waals surface area contributed by atoms with Crippen LogP contribution < -0.4 is 0 Å². The van der Waals surface area contributed by atoms with Crippen LogP contribution in [0.4, 0.5) is 26.3 Å². The summed E-state index contributed by atoms with van der Waals surface area (Å²) in [5, 5.41) is 1.73. The van der Waals surface area contributed by atoms with Crippen molar-refractivity contribution < 1.29 is 26.3 Å². The monoisotopic (exact) mass is 236 g/mol. The second-order valence-electron chi connectivity index (χ2n) is 2.10. The molecule has 0 amide bonds. The zero-order chi connectivity index (χ0) is 11.0. The molecule has 80 valence electrons. The van der Waals surface area contributed by atoms with Crippen LogP contribution >= 0.6 is 11.8 Å². The predicted molar refractivity (Wildman–Crippen MR) is 35.4 cm³/mol. The summed E-state index contributed by atoms with van der Waals surface area (Å²) < 4.78 is 70.5. The summed E-state index contributed by atoms with van der Waals surface area (Å²) in [5.74, 6) is 0. The summed E-state index contributed by atoms with van der Waals surface area (Å²) in [7, 11) is 0. The molecule has 1 heterocycles. The Morgan fingerprint density at radius 1 is 1.14 bits per heavy atom. The van der Waals surface area contributed by atoms with Crippen molar-refractivity contribution >= 4 is 11.8 Å². The SMILES string of the molecule is FC(F)(F)Sc1ccnn1C(F)(F)F. The van der Waals surface area contributed by atoms with Crippen LogP contribution in [0.5, 0.6) is 0 Å². The molecule has 0 atom stereocenters. The Hall–Kier alpha value is -0.860. The van der Waals surface area contributed by atoms with Gasteiger partial charge in [0.05, 0.1) is 6.20 Å². The van der Waals surface area contributed by atoms with E-state index in [1.165, 1.54) is 0 Å². The van der Waals surface area contributed by atoms with Crippen LogP contribution in [0.3, 0.4) is 0 Å². The maximum absolute atomic E-state index is 12.0. The zero-order valence-corrected chi connectivity index (χ0v) is 7.04. The van der Waals surface area contributed by atoms with E-state index in [1.54, 1.807) is 0 Å². The maximum Gasteiger partial charge on any atom is 0.505 e. The number of alkyl halides is 6. The van der Waals surface area contributed by atoms with Crippen LogP contribution in [0.25, 0.3) is 0 Å². The van der Waals surface area contributed by atoms with Crippen molar-refractivity contribution in [2.75, 3.05) is 0 Å². The lowest BCUT2D eigenvalue weighted by molar-refractivity contribution is -0.217. The summed E-state index contributed by atoms with van der Waals surface area (Å²) in [6.45, 7) is 0. The third-order valence-electron chi connectivity index (χ3n) is 1.07. The van der Waals surface area contributed by atoms with E-state index in [-0.39, 0.29) is 0 Å². The first kappa shape index (κ1) is 11.2. The van der Waals surface area contributed by atoms with E-state index >= 15 is 0 Å². The molecule has 0 aliphatic carbocycles. The van der Waals surface area contributed by atoms with E-state index in [1.807, 2.05) is 0 Å². The smallest absolute Gasteiger partial charge is 0.173 e. The van der Waals surface area contributed by atoms with Gasteiger partial charge in [0.1, 0.15) is 5.03 Å². The van der Waals surface area contributed by atoms with Crippen molar-refractivity contribution in [3.05, 3.63) is 12.3 Å². The molecule has 0 aliphatic rings. The molecule has 0 aromatic carbocycles. The van der Waals surface area contributed by atoms with Crippen molar-refractivity contribution in [2.45, 2.75) is 16.8 Å². The fraction of sp³-hybridized carbons (Fsp3) is 0.400. The molecule has 1 aromatic rings. The van der Waals surface area contributed by atoms with Gasteiger partial charge in [0, 0.05) is 11.8 Å². The van der Waals surface area contributed by atoms with Gasteiger partial charge in [-0.15, -0.1) is 13.2 Å². The highest BCUT2D eigenvalue weighted by molar-refractivity contribution is 8.00. The van der Waals surface area contributed by atoms with Gasteiger partial charge in [-0.2, -0.15) is 23.0 Å². The van der Waals surface area contributed by atoms with E-state index in [0.29, 0.717) is 12.3 Å². The van der Waals surface area contributed by atoms with Crippen LogP contribution in [-0.2, 0) is 6.30 Å². The molecule has 0 saturated carbocycles. The minimum absolute atomic E-state index is 0.634. The van der Waals surface area contributed by atoms with Crippen LogP contribution in [0.1, 0.15) is 0 Å². The molecule has 1 rings (SSSR count). The van der Waals surface area contributed by atoms with Gasteiger partial charge in [-0.3, -0.25) is 0 Å². The van der Waals surface area contributed by atoms with Crippen molar-refractivity contribution in [1.82, 2.24) is 9.78 Å². The molecule has 9 heteroatoms. The summed E-state index contributed by atoms with van der Waals surface area (Å²) in [6, 6.07) is 0.644. The lowest BCUT2D eigenvalue weighted by Crippen LogP contribution is -2.20. The van der Waals surface area contributed by atoms with Gasteiger partial charge in [0.25, 0.3) is 0 Å². The lowest BCUT2D eigenvalue weighted by Gasteiger charge is -2.10. The van der Waals surface area contributed by atoms with Crippen LogP contribution in [0, 0.1) is 0 Å². The Labute approximate surface area is 77.9 Å². The largest absolute Gasteiger partial charge is 0.505 e. The van der Waals surface area contributed by atoms with E-state index in [4.69, 9.17) is 0 Å². The molecule has 0 aliphatic heterocycles. The Kier molecular flexibility index (Phi) is 2.70. The van der Waals surface area contributed by atoms with Crippen molar-refractivity contribution in [3.8, 4) is 0 Å². The molecular weight excluding hydrogens is 234 g/mol. The number of aromatic nitrogens is 2. The van der Waals surface area contributed by atoms with Crippen molar-refractivity contribution in [1.29, 1.82) is 0 Å². The minimum atomic E-state index is -4.93. The Bertz CT molecular complexity index is 313. The molecule has 0 spiro atoms. The number of hydrogen-bond donors (Lipinski definition) is 0. The number of rotatable bonds is 1. The van der Waals surface area contributed by atoms with E-state index in [2.05, 4.69) is 5.10 Å². The van der Waals surface area contributed by atoms with E-state index in [9.17, 15) is 26.3 Å². The fourth-order valence-corrected chi connectivity index (χ4v) is 1.28. The Balaban J connectivity index is 2.95. The molecular formula is C5H2F6N2S. The fourth-order valence-electron chi connectivity index (χ4n) is 0.678. The van der Waals surface area contributed by atoms with Crippen LogP contribution in [-0.4, -0.2) is 15.3 Å². The highest BCUT2D eigenvalue weighted by atomic mass is 32.2. The summed E-state index contributed by atoms with van der Waals surface area (Å²) in [5.41, 5.74) is -4.76. The Morgan fingerprint density at radius 3 is 2.14 bits per heavy atom. The quantitative estimate of drug-likeness (QED) is 0.551. The number of thioether (sulfide) groups is 1. The van der Waals surface area contributed by atoms with Crippen molar-refractivity contribution in [3.63, 3.8) is 0 Å². The first-order valence-electron chi connectivity index (χ1n) is 3.07. The molecule has 14 heavy (non-hydrogen) atoms. The van der Waals surface area contributed by atoms with Gasteiger partial charge >= 0.3 is 11.8 Å². The topological polar surface area (TPSA) is 17.8 Å². The van der Waals surface area contributed by atoms with Gasteiger partial charge in [-0.25, -0.2) is 0 Å². The number of nitrogens with zero attached hydrogens (tertiary/aromatic N) is 2. The van der Waals surface area contributed by atoms with Gasteiger partial charge < -0.3 is 0 Å². The highest BCUT2D eigenvalue weighted by Gasteiger charge is 2.38. The van der Waals surface area contributed by atoms with Crippen molar-refractivity contribution in [2.24, 2.45) is 0 Å². The van der Waals surface area contributed by atoms with E-state index in [0.717, 1.165) is 0 Å².